The van der Waals surface area contributed by atoms with Crippen molar-refractivity contribution in [2.45, 2.75) is 31.7 Å². The largest absolute Gasteiger partial charge is 0.399 e. The van der Waals surface area contributed by atoms with E-state index in [1.165, 1.54) is 0 Å². The standard InChI is InChI=1S/C13H18N4O2S/c1-8(11-5-4-6-12(14)7-11)17-20(18,19)13-9(2)15-16-10(13)3/h4-8,17H,14H2,1-3H3,(H,15,16). The van der Waals surface area contributed by atoms with Crippen LogP contribution in [0, 0.1) is 13.8 Å². The predicted molar refractivity (Wildman–Crippen MR) is 77.7 cm³/mol. The molecule has 0 amide bonds. The van der Waals surface area contributed by atoms with Crippen LogP contribution in [0.4, 0.5) is 5.69 Å². The number of hydrogen-bond acceptors (Lipinski definition) is 4. The van der Waals surface area contributed by atoms with Gasteiger partial charge in [0.15, 0.2) is 0 Å². The summed E-state index contributed by atoms with van der Waals surface area (Å²) in [5.41, 5.74) is 8.10. The first-order valence-corrected chi connectivity index (χ1v) is 7.69. The summed E-state index contributed by atoms with van der Waals surface area (Å²) >= 11 is 0. The molecule has 1 aromatic carbocycles. The number of aromatic nitrogens is 2. The molecule has 108 valence electrons. The maximum atomic E-state index is 12.4. The Labute approximate surface area is 118 Å². The Morgan fingerprint density at radius 2 is 2.05 bits per heavy atom. The fourth-order valence-corrected chi connectivity index (χ4v) is 3.73. The van der Waals surface area contributed by atoms with Crippen LogP contribution >= 0.6 is 0 Å². The number of nitrogens with one attached hydrogen (secondary N) is 2. The summed E-state index contributed by atoms with van der Waals surface area (Å²) in [7, 11) is -3.62. The average Bonchev–Trinajstić information content (AvgIpc) is 2.69. The van der Waals surface area contributed by atoms with E-state index in [2.05, 4.69) is 14.9 Å². The van der Waals surface area contributed by atoms with Gasteiger partial charge < -0.3 is 5.73 Å². The summed E-state index contributed by atoms with van der Waals surface area (Å²) in [6.45, 7) is 5.11. The zero-order valence-electron chi connectivity index (χ0n) is 11.6. The van der Waals surface area contributed by atoms with Gasteiger partial charge in [-0.3, -0.25) is 5.10 Å². The van der Waals surface area contributed by atoms with Crippen LogP contribution < -0.4 is 10.5 Å². The molecule has 0 fully saturated rings. The maximum Gasteiger partial charge on any atom is 0.244 e. The number of H-pyrrole nitrogens is 1. The molecule has 0 spiro atoms. The van der Waals surface area contributed by atoms with Gasteiger partial charge in [0.25, 0.3) is 0 Å². The highest BCUT2D eigenvalue weighted by atomic mass is 32.2. The summed E-state index contributed by atoms with van der Waals surface area (Å²) in [5.74, 6) is 0. The third-order valence-corrected chi connectivity index (χ3v) is 4.87. The Morgan fingerprint density at radius 3 is 2.60 bits per heavy atom. The van der Waals surface area contributed by atoms with E-state index >= 15 is 0 Å². The molecule has 0 bridgehead atoms. The lowest BCUT2D eigenvalue weighted by Crippen LogP contribution is -2.27. The van der Waals surface area contributed by atoms with Gasteiger partial charge in [0.2, 0.25) is 10.0 Å². The summed E-state index contributed by atoms with van der Waals surface area (Å²) in [5, 5.41) is 6.59. The minimum Gasteiger partial charge on any atom is -0.399 e. The monoisotopic (exact) mass is 294 g/mol. The highest BCUT2D eigenvalue weighted by Crippen LogP contribution is 2.21. The van der Waals surface area contributed by atoms with E-state index < -0.39 is 10.0 Å². The normalized spacial score (nSPS) is 13.3. The van der Waals surface area contributed by atoms with Crippen molar-refractivity contribution in [1.82, 2.24) is 14.9 Å². The molecule has 0 saturated carbocycles. The van der Waals surface area contributed by atoms with Gasteiger partial charge in [0, 0.05) is 11.7 Å². The van der Waals surface area contributed by atoms with Crippen molar-refractivity contribution in [3.8, 4) is 0 Å². The van der Waals surface area contributed by atoms with Crippen LogP contribution in [0.3, 0.4) is 0 Å². The highest BCUT2D eigenvalue weighted by molar-refractivity contribution is 7.89. The van der Waals surface area contributed by atoms with Crippen LogP contribution in [0.1, 0.15) is 29.9 Å². The minimum absolute atomic E-state index is 0.202. The van der Waals surface area contributed by atoms with E-state index in [-0.39, 0.29) is 10.9 Å². The number of anilines is 1. The fourth-order valence-electron chi connectivity index (χ4n) is 2.12. The lowest BCUT2D eigenvalue weighted by Gasteiger charge is -2.15. The molecule has 1 aromatic heterocycles. The summed E-state index contributed by atoms with van der Waals surface area (Å²) in [4.78, 5) is 0.202. The second-order valence-electron chi connectivity index (χ2n) is 4.78. The van der Waals surface area contributed by atoms with Crippen molar-refractivity contribution < 1.29 is 8.42 Å². The molecular formula is C13H18N4O2S. The number of nitrogens with two attached hydrogens (primary N) is 1. The molecule has 0 aliphatic rings. The molecule has 4 N–H and O–H groups in total. The molecule has 1 heterocycles. The fraction of sp³-hybridized carbons (Fsp3) is 0.308. The van der Waals surface area contributed by atoms with Gasteiger partial charge in [0.05, 0.1) is 11.4 Å². The Bertz CT molecular complexity index is 702. The predicted octanol–water partition coefficient (Wildman–Crippen LogP) is 1.65. The van der Waals surface area contributed by atoms with Crippen LogP contribution in [-0.4, -0.2) is 18.6 Å². The van der Waals surface area contributed by atoms with Gasteiger partial charge in [-0.05, 0) is 38.5 Å². The van der Waals surface area contributed by atoms with Crippen LogP contribution in [0.25, 0.3) is 0 Å². The zero-order chi connectivity index (χ0) is 14.9. The van der Waals surface area contributed by atoms with Gasteiger partial charge in [0.1, 0.15) is 4.90 Å². The molecule has 7 heteroatoms. The van der Waals surface area contributed by atoms with Gasteiger partial charge in [-0.1, -0.05) is 12.1 Å². The number of hydrogen-bond donors (Lipinski definition) is 3. The first-order valence-electron chi connectivity index (χ1n) is 6.20. The minimum atomic E-state index is -3.62. The van der Waals surface area contributed by atoms with Gasteiger partial charge in [-0.2, -0.15) is 5.10 Å². The van der Waals surface area contributed by atoms with E-state index in [4.69, 9.17) is 5.73 Å². The number of nitrogen functional groups attached to an aromatic ring is 1. The lowest BCUT2D eigenvalue weighted by atomic mass is 10.1. The van der Waals surface area contributed by atoms with Gasteiger partial charge in [-0.25, -0.2) is 13.1 Å². The number of nitrogens with zero attached hydrogens (tertiary/aromatic N) is 1. The van der Waals surface area contributed by atoms with E-state index in [1.807, 2.05) is 6.07 Å². The Balaban J connectivity index is 2.29. The van der Waals surface area contributed by atoms with Crippen molar-refractivity contribution in [1.29, 1.82) is 0 Å². The Morgan fingerprint density at radius 1 is 1.35 bits per heavy atom. The van der Waals surface area contributed by atoms with Crippen molar-refractivity contribution in [2.24, 2.45) is 0 Å². The molecule has 6 nitrogen and oxygen atoms in total. The average molecular weight is 294 g/mol. The lowest BCUT2D eigenvalue weighted by molar-refractivity contribution is 0.566. The van der Waals surface area contributed by atoms with Crippen LogP contribution in [0.5, 0.6) is 0 Å². The second-order valence-corrected chi connectivity index (χ2v) is 6.43. The third kappa shape index (κ3) is 2.83. The second kappa shape index (κ2) is 5.26. The molecule has 0 aliphatic carbocycles. The molecule has 1 unspecified atom stereocenters. The van der Waals surface area contributed by atoms with Crippen molar-refractivity contribution in [3.05, 3.63) is 41.2 Å². The molecule has 20 heavy (non-hydrogen) atoms. The van der Waals surface area contributed by atoms with Crippen LogP contribution in [0.15, 0.2) is 29.2 Å². The summed E-state index contributed by atoms with van der Waals surface area (Å²) < 4.78 is 27.4. The number of rotatable bonds is 4. The van der Waals surface area contributed by atoms with E-state index in [0.29, 0.717) is 17.1 Å². The van der Waals surface area contributed by atoms with E-state index in [0.717, 1.165) is 5.56 Å². The molecule has 0 radical (unpaired) electrons. The topological polar surface area (TPSA) is 101 Å². The maximum absolute atomic E-state index is 12.4. The quantitative estimate of drug-likeness (QED) is 0.746. The van der Waals surface area contributed by atoms with Crippen molar-refractivity contribution in [2.75, 3.05) is 5.73 Å². The molecule has 2 aromatic rings. The summed E-state index contributed by atoms with van der Waals surface area (Å²) in [6, 6.07) is 6.76. The Kier molecular flexibility index (Phi) is 3.82. The Hall–Kier alpha value is -1.86. The molecule has 1 atom stereocenters. The number of aryl methyl sites for hydroxylation is 2. The molecule has 0 aliphatic heterocycles. The first-order chi connectivity index (χ1) is 9.31. The van der Waals surface area contributed by atoms with Gasteiger partial charge in [-0.15, -0.1) is 0 Å². The molecule has 0 saturated heterocycles. The molecular weight excluding hydrogens is 276 g/mol. The van der Waals surface area contributed by atoms with Gasteiger partial charge >= 0.3 is 0 Å². The van der Waals surface area contributed by atoms with E-state index in [9.17, 15) is 8.42 Å². The summed E-state index contributed by atoms with van der Waals surface area (Å²) in [6.07, 6.45) is 0. The molecule has 2 rings (SSSR count). The van der Waals surface area contributed by atoms with Crippen molar-refractivity contribution >= 4 is 15.7 Å². The number of sulfonamides is 1. The highest BCUT2D eigenvalue weighted by Gasteiger charge is 2.24. The smallest absolute Gasteiger partial charge is 0.244 e. The number of aromatic amines is 1. The van der Waals surface area contributed by atoms with Crippen molar-refractivity contribution in [3.63, 3.8) is 0 Å². The third-order valence-electron chi connectivity index (χ3n) is 3.07. The first kappa shape index (κ1) is 14.5. The number of benzene rings is 1. The van der Waals surface area contributed by atoms with E-state index in [1.54, 1.807) is 39.0 Å². The van der Waals surface area contributed by atoms with Crippen LogP contribution in [0.2, 0.25) is 0 Å². The SMILES string of the molecule is Cc1n[nH]c(C)c1S(=O)(=O)NC(C)c1cccc(N)c1. The zero-order valence-corrected chi connectivity index (χ0v) is 12.5. The van der Waals surface area contributed by atoms with Crippen LogP contribution in [-0.2, 0) is 10.0 Å².